The Bertz CT molecular complexity index is 2130. The van der Waals surface area contributed by atoms with Crippen LogP contribution in [0, 0.1) is 20.8 Å². The SMILES string of the molecule is Cc1ccc(-n2c3cc4c(cc3c3sc5cc(C)ccc5c32)oc2c3ccc(C)cc3sc42)cc1. The largest absolute Gasteiger partial charge is 0.454 e. The van der Waals surface area contributed by atoms with Crippen molar-refractivity contribution >= 4 is 85.2 Å². The second-order valence-corrected chi connectivity index (χ2v) is 11.8. The second-order valence-electron chi connectivity index (χ2n) is 9.68. The lowest BCUT2D eigenvalue weighted by atomic mass is 10.1. The fraction of sp³-hybridized carbons (Fsp3) is 0.0968. The van der Waals surface area contributed by atoms with Crippen LogP contribution in [-0.2, 0) is 0 Å². The van der Waals surface area contributed by atoms with Gasteiger partial charge in [0.1, 0.15) is 5.58 Å². The number of hydrogen-bond acceptors (Lipinski definition) is 3. The molecule has 0 aliphatic rings. The Morgan fingerprint density at radius 1 is 0.600 bits per heavy atom. The average molecular weight is 488 g/mol. The molecule has 35 heavy (non-hydrogen) atoms. The van der Waals surface area contributed by atoms with E-state index in [1.165, 1.54) is 73.8 Å². The quantitative estimate of drug-likeness (QED) is 0.225. The van der Waals surface area contributed by atoms with Gasteiger partial charge in [0, 0.05) is 36.6 Å². The summed E-state index contributed by atoms with van der Waals surface area (Å²) >= 11 is 3.72. The zero-order chi connectivity index (χ0) is 23.4. The number of rotatable bonds is 1. The van der Waals surface area contributed by atoms with Crippen molar-refractivity contribution in [1.29, 1.82) is 0 Å². The molecule has 8 aromatic rings. The summed E-state index contributed by atoms with van der Waals surface area (Å²) in [5.74, 6) is 0. The van der Waals surface area contributed by atoms with E-state index in [-0.39, 0.29) is 0 Å². The molecule has 0 amide bonds. The zero-order valence-electron chi connectivity index (χ0n) is 19.6. The standard InChI is InChI=1S/C31H21NOS2/c1-16-4-8-19(9-5-16)32-24-14-23-25(33-29-21-11-7-18(3)13-27(21)35-31(23)29)15-22(24)30-28(32)20-10-6-17(2)12-26(20)34-30/h4-15H,1-3H3. The molecule has 0 bridgehead atoms. The number of benzene rings is 4. The van der Waals surface area contributed by atoms with E-state index >= 15 is 0 Å². The van der Waals surface area contributed by atoms with E-state index in [4.69, 9.17) is 4.42 Å². The topological polar surface area (TPSA) is 18.1 Å². The van der Waals surface area contributed by atoms with Crippen LogP contribution in [-0.4, -0.2) is 4.57 Å². The van der Waals surface area contributed by atoms with Gasteiger partial charge < -0.3 is 8.98 Å². The van der Waals surface area contributed by atoms with Gasteiger partial charge in [-0.25, -0.2) is 0 Å². The molecule has 0 saturated carbocycles. The number of aromatic nitrogens is 1. The van der Waals surface area contributed by atoms with Gasteiger partial charge in [0.15, 0.2) is 5.58 Å². The lowest BCUT2D eigenvalue weighted by molar-refractivity contribution is 0.674. The molecular weight excluding hydrogens is 466 g/mol. The van der Waals surface area contributed by atoms with Gasteiger partial charge in [-0.3, -0.25) is 0 Å². The van der Waals surface area contributed by atoms with Gasteiger partial charge in [0.2, 0.25) is 0 Å². The van der Waals surface area contributed by atoms with Crippen LogP contribution in [0.2, 0.25) is 0 Å². The predicted molar refractivity (Wildman–Crippen MR) is 153 cm³/mol. The fourth-order valence-corrected chi connectivity index (χ4v) is 8.00. The first-order valence-corrected chi connectivity index (χ1v) is 13.5. The lowest BCUT2D eigenvalue weighted by Gasteiger charge is -2.08. The molecule has 4 aromatic carbocycles. The summed E-state index contributed by atoms with van der Waals surface area (Å²) in [7, 11) is 0. The molecule has 0 atom stereocenters. The molecule has 4 heterocycles. The molecule has 0 N–H and O–H groups in total. The minimum absolute atomic E-state index is 0.970. The van der Waals surface area contributed by atoms with Crippen molar-refractivity contribution in [1.82, 2.24) is 4.57 Å². The third-order valence-corrected chi connectivity index (χ3v) is 9.52. The average Bonchev–Trinajstić information content (AvgIpc) is 3.55. The first kappa shape index (κ1) is 19.7. The normalized spacial score (nSPS) is 12.4. The molecule has 0 fully saturated rings. The Kier molecular flexibility index (Phi) is 3.79. The van der Waals surface area contributed by atoms with Crippen LogP contribution >= 0.6 is 22.7 Å². The number of fused-ring (bicyclic) bond motifs is 10. The summed E-state index contributed by atoms with van der Waals surface area (Å²) in [5.41, 5.74) is 9.55. The summed E-state index contributed by atoms with van der Waals surface area (Å²) in [5, 5.41) is 4.98. The first-order valence-electron chi connectivity index (χ1n) is 11.8. The number of thiophene rings is 2. The molecular formula is C31H21NOS2. The van der Waals surface area contributed by atoms with Crippen molar-refractivity contribution in [2.45, 2.75) is 20.8 Å². The Hall–Kier alpha value is -3.60. The van der Waals surface area contributed by atoms with Crippen LogP contribution in [0.15, 0.2) is 77.2 Å². The van der Waals surface area contributed by atoms with Crippen LogP contribution in [0.1, 0.15) is 16.7 Å². The van der Waals surface area contributed by atoms with Crippen molar-refractivity contribution in [2.24, 2.45) is 0 Å². The molecule has 0 spiro atoms. The van der Waals surface area contributed by atoms with Crippen molar-refractivity contribution in [3.63, 3.8) is 0 Å². The van der Waals surface area contributed by atoms with Crippen molar-refractivity contribution in [3.05, 3.63) is 89.5 Å². The third kappa shape index (κ3) is 2.64. The first-order chi connectivity index (χ1) is 17.0. The van der Waals surface area contributed by atoms with E-state index in [0.717, 1.165) is 11.2 Å². The maximum absolute atomic E-state index is 6.53. The predicted octanol–water partition coefficient (Wildman–Crippen LogP) is 10.0. The van der Waals surface area contributed by atoms with E-state index < -0.39 is 0 Å². The smallest absolute Gasteiger partial charge is 0.154 e. The highest BCUT2D eigenvalue weighted by Gasteiger charge is 2.21. The molecule has 0 saturated heterocycles. The highest BCUT2D eigenvalue weighted by atomic mass is 32.1. The Labute approximate surface area is 209 Å². The molecule has 0 unspecified atom stereocenters. The fourth-order valence-electron chi connectivity index (χ4n) is 5.44. The molecule has 0 radical (unpaired) electrons. The van der Waals surface area contributed by atoms with Gasteiger partial charge in [0.05, 0.1) is 20.4 Å². The van der Waals surface area contributed by atoms with Crippen LogP contribution in [0.3, 0.4) is 0 Å². The number of furan rings is 1. The van der Waals surface area contributed by atoms with E-state index in [9.17, 15) is 0 Å². The molecule has 8 rings (SSSR count). The highest BCUT2D eigenvalue weighted by Crippen LogP contribution is 2.47. The summed E-state index contributed by atoms with van der Waals surface area (Å²) in [6.07, 6.45) is 0. The maximum atomic E-state index is 6.53. The molecule has 4 aromatic heterocycles. The van der Waals surface area contributed by atoms with E-state index in [1.807, 2.05) is 22.7 Å². The van der Waals surface area contributed by atoms with Gasteiger partial charge in [0.25, 0.3) is 0 Å². The molecule has 2 nitrogen and oxygen atoms in total. The van der Waals surface area contributed by atoms with Crippen molar-refractivity contribution < 1.29 is 4.42 Å². The van der Waals surface area contributed by atoms with Gasteiger partial charge in [-0.15, -0.1) is 22.7 Å². The van der Waals surface area contributed by atoms with Gasteiger partial charge in [-0.05, 0) is 74.4 Å². The lowest BCUT2D eigenvalue weighted by Crippen LogP contribution is -1.93. The summed E-state index contributed by atoms with van der Waals surface area (Å²) < 4.78 is 14.2. The monoisotopic (exact) mass is 487 g/mol. The summed E-state index contributed by atoms with van der Waals surface area (Å²) in [4.78, 5) is 0. The summed E-state index contributed by atoms with van der Waals surface area (Å²) in [6.45, 7) is 6.46. The van der Waals surface area contributed by atoms with E-state index in [0.29, 0.717) is 0 Å². The summed E-state index contributed by atoms with van der Waals surface area (Å²) in [6, 6.07) is 27.0. The Balaban J connectivity index is 1.56. The van der Waals surface area contributed by atoms with E-state index in [1.54, 1.807) is 0 Å². The Morgan fingerprint density at radius 3 is 2.03 bits per heavy atom. The van der Waals surface area contributed by atoms with Crippen LogP contribution in [0.5, 0.6) is 0 Å². The van der Waals surface area contributed by atoms with Crippen molar-refractivity contribution in [3.8, 4) is 5.69 Å². The van der Waals surface area contributed by atoms with Crippen molar-refractivity contribution in [2.75, 3.05) is 0 Å². The molecule has 4 heteroatoms. The van der Waals surface area contributed by atoms with Gasteiger partial charge >= 0.3 is 0 Å². The van der Waals surface area contributed by atoms with Crippen LogP contribution in [0.4, 0.5) is 0 Å². The van der Waals surface area contributed by atoms with Crippen LogP contribution < -0.4 is 0 Å². The van der Waals surface area contributed by atoms with Crippen LogP contribution in [0.25, 0.3) is 68.2 Å². The second kappa shape index (κ2) is 6.75. The number of hydrogen-bond donors (Lipinski definition) is 0. The van der Waals surface area contributed by atoms with Gasteiger partial charge in [-0.1, -0.05) is 35.9 Å². The minimum atomic E-state index is 0.970. The molecule has 0 aliphatic carbocycles. The maximum Gasteiger partial charge on any atom is 0.154 e. The third-order valence-electron chi connectivity index (χ3n) is 7.18. The van der Waals surface area contributed by atoms with E-state index in [2.05, 4.69) is 98.1 Å². The molecule has 168 valence electrons. The number of aryl methyl sites for hydroxylation is 3. The Morgan fingerprint density at radius 2 is 1.26 bits per heavy atom. The number of nitrogens with zero attached hydrogens (tertiary/aromatic N) is 1. The minimum Gasteiger partial charge on any atom is -0.454 e. The van der Waals surface area contributed by atoms with Gasteiger partial charge in [-0.2, -0.15) is 0 Å². The highest BCUT2D eigenvalue weighted by molar-refractivity contribution is 7.27. The zero-order valence-corrected chi connectivity index (χ0v) is 21.2. The molecule has 0 aliphatic heterocycles.